The lowest BCUT2D eigenvalue weighted by atomic mass is 9.86. The Morgan fingerprint density at radius 1 is 1.00 bits per heavy atom. The maximum Gasteiger partial charge on any atom is 0.407 e. The maximum absolute atomic E-state index is 12.3. The fourth-order valence-corrected chi connectivity index (χ4v) is 3.97. The number of benzene rings is 2. The number of alkyl carbamates (subject to hydrolysis) is 1. The Hall–Kier alpha value is -2.86. The second-order valence-electron chi connectivity index (χ2n) is 7.70. The molecule has 1 amide bonds. The highest BCUT2D eigenvalue weighted by atomic mass is 16.5. The first-order valence-electron chi connectivity index (χ1n) is 10.1. The van der Waals surface area contributed by atoms with Crippen molar-refractivity contribution in [2.45, 2.75) is 31.2 Å². The van der Waals surface area contributed by atoms with Crippen LogP contribution in [0.15, 0.2) is 48.5 Å². The minimum atomic E-state index is -1.13. The topological polar surface area (TPSA) is 84.9 Å². The van der Waals surface area contributed by atoms with Crippen LogP contribution in [0.4, 0.5) is 4.79 Å². The average molecular weight is 395 g/mol. The van der Waals surface area contributed by atoms with Crippen molar-refractivity contribution in [1.82, 2.24) is 5.32 Å². The molecule has 4 rings (SSSR count). The van der Waals surface area contributed by atoms with Gasteiger partial charge in [0.1, 0.15) is 6.61 Å². The number of aliphatic carboxylic acids is 1. The molecule has 0 aliphatic heterocycles. The maximum atomic E-state index is 12.3. The van der Waals surface area contributed by atoms with Crippen molar-refractivity contribution >= 4 is 12.1 Å². The van der Waals surface area contributed by atoms with E-state index < -0.39 is 18.1 Å². The highest BCUT2D eigenvalue weighted by molar-refractivity contribution is 5.81. The van der Waals surface area contributed by atoms with Gasteiger partial charge in [-0.3, -0.25) is 0 Å². The fourth-order valence-electron chi connectivity index (χ4n) is 3.97. The van der Waals surface area contributed by atoms with Gasteiger partial charge in [0.05, 0.1) is 6.61 Å². The summed E-state index contributed by atoms with van der Waals surface area (Å²) in [4.78, 5) is 23.7. The van der Waals surface area contributed by atoms with E-state index in [1.807, 2.05) is 36.4 Å². The summed E-state index contributed by atoms with van der Waals surface area (Å²) in [7, 11) is 0. The number of fused-ring (bicyclic) bond motifs is 3. The Morgan fingerprint density at radius 2 is 1.62 bits per heavy atom. The van der Waals surface area contributed by atoms with Gasteiger partial charge in [0.25, 0.3) is 0 Å². The predicted octanol–water partition coefficient (Wildman–Crippen LogP) is 3.80. The van der Waals surface area contributed by atoms with Crippen LogP contribution in [0.25, 0.3) is 11.1 Å². The zero-order chi connectivity index (χ0) is 20.2. The van der Waals surface area contributed by atoms with E-state index in [4.69, 9.17) is 9.47 Å². The Balaban J connectivity index is 1.34. The summed E-state index contributed by atoms with van der Waals surface area (Å²) in [5.74, 6) is -0.683. The number of carbonyl (C=O) groups excluding carboxylic acids is 1. The molecule has 2 aromatic rings. The summed E-state index contributed by atoms with van der Waals surface area (Å²) in [6, 6.07) is 15.0. The molecule has 152 valence electrons. The monoisotopic (exact) mass is 395 g/mol. The number of carboxylic acids is 1. The zero-order valence-corrected chi connectivity index (χ0v) is 16.2. The van der Waals surface area contributed by atoms with Crippen LogP contribution in [-0.4, -0.2) is 43.0 Å². The molecule has 2 aliphatic carbocycles. The summed E-state index contributed by atoms with van der Waals surface area (Å²) in [6.07, 6.45) is 2.70. The van der Waals surface area contributed by atoms with Crippen LogP contribution in [0.2, 0.25) is 0 Å². The molecule has 1 fully saturated rings. The van der Waals surface area contributed by atoms with Crippen LogP contribution in [0.5, 0.6) is 0 Å². The van der Waals surface area contributed by atoms with Crippen molar-refractivity contribution in [3.05, 3.63) is 59.7 Å². The molecule has 0 aromatic heterocycles. The van der Waals surface area contributed by atoms with Crippen LogP contribution in [-0.2, 0) is 14.3 Å². The highest BCUT2D eigenvalue weighted by Crippen LogP contribution is 2.44. The van der Waals surface area contributed by atoms with Gasteiger partial charge in [-0.25, -0.2) is 9.59 Å². The first-order chi connectivity index (χ1) is 14.1. The van der Waals surface area contributed by atoms with E-state index in [2.05, 4.69) is 17.4 Å². The molecule has 0 spiro atoms. The van der Waals surface area contributed by atoms with Gasteiger partial charge in [-0.05, 0) is 41.0 Å². The number of amides is 1. The van der Waals surface area contributed by atoms with E-state index in [0.717, 1.165) is 35.1 Å². The van der Waals surface area contributed by atoms with Gasteiger partial charge in [0.15, 0.2) is 6.04 Å². The Kier molecular flexibility index (Phi) is 5.81. The van der Waals surface area contributed by atoms with Crippen LogP contribution in [0, 0.1) is 5.92 Å². The van der Waals surface area contributed by atoms with Gasteiger partial charge in [-0.15, -0.1) is 0 Å². The molecule has 2 aliphatic rings. The molecule has 0 radical (unpaired) electrons. The number of carbonyl (C=O) groups is 2. The Bertz CT molecular complexity index is 847. The molecule has 0 heterocycles. The van der Waals surface area contributed by atoms with Crippen molar-refractivity contribution in [3.8, 4) is 11.1 Å². The van der Waals surface area contributed by atoms with E-state index in [1.165, 1.54) is 6.42 Å². The first-order valence-corrected chi connectivity index (χ1v) is 10.1. The highest BCUT2D eigenvalue weighted by Gasteiger charge is 2.30. The van der Waals surface area contributed by atoms with Crippen molar-refractivity contribution in [2.24, 2.45) is 5.92 Å². The minimum Gasteiger partial charge on any atom is -0.480 e. The molecule has 29 heavy (non-hydrogen) atoms. The van der Waals surface area contributed by atoms with Crippen molar-refractivity contribution in [3.63, 3.8) is 0 Å². The van der Waals surface area contributed by atoms with E-state index in [0.29, 0.717) is 12.5 Å². The summed E-state index contributed by atoms with van der Waals surface area (Å²) in [6.45, 7) is 0.626. The molecule has 0 unspecified atom stereocenters. The summed E-state index contributed by atoms with van der Waals surface area (Å²) in [5.41, 5.74) is 4.51. The molecule has 1 atom stereocenters. The van der Waals surface area contributed by atoms with Crippen molar-refractivity contribution in [2.75, 3.05) is 19.8 Å². The van der Waals surface area contributed by atoms with Gasteiger partial charge in [0.2, 0.25) is 0 Å². The molecule has 1 saturated carbocycles. The van der Waals surface area contributed by atoms with Gasteiger partial charge < -0.3 is 19.9 Å². The molecule has 2 aromatic carbocycles. The van der Waals surface area contributed by atoms with Crippen LogP contribution >= 0.6 is 0 Å². The van der Waals surface area contributed by atoms with E-state index in [-0.39, 0.29) is 19.1 Å². The molecular formula is C23H25NO5. The van der Waals surface area contributed by atoms with Crippen LogP contribution in [0.3, 0.4) is 0 Å². The predicted molar refractivity (Wildman–Crippen MR) is 108 cm³/mol. The van der Waals surface area contributed by atoms with E-state index in [1.54, 1.807) is 0 Å². The fraction of sp³-hybridized carbons (Fsp3) is 0.391. The first kappa shape index (κ1) is 19.5. The molecule has 0 saturated heterocycles. The third-order valence-corrected chi connectivity index (χ3v) is 5.80. The van der Waals surface area contributed by atoms with E-state index in [9.17, 15) is 14.7 Å². The molecule has 6 nitrogen and oxygen atoms in total. The van der Waals surface area contributed by atoms with Crippen LogP contribution < -0.4 is 5.32 Å². The second kappa shape index (κ2) is 8.66. The van der Waals surface area contributed by atoms with Crippen molar-refractivity contribution < 1.29 is 24.2 Å². The number of rotatable bonds is 8. The smallest absolute Gasteiger partial charge is 0.407 e. The van der Waals surface area contributed by atoms with Gasteiger partial charge in [-0.2, -0.15) is 0 Å². The average Bonchev–Trinajstić information content (AvgIpc) is 3.01. The molecule has 0 bridgehead atoms. The molecule has 6 heteroatoms. The second-order valence-corrected chi connectivity index (χ2v) is 7.70. The van der Waals surface area contributed by atoms with Gasteiger partial charge >= 0.3 is 12.1 Å². The van der Waals surface area contributed by atoms with Crippen LogP contribution in [0.1, 0.15) is 36.3 Å². The normalized spacial score (nSPS) is 16.4. The number of hydrogen-bond acceptors (Lipinski definition) is 4. The summed E-state index contributed by atoms with van der Waals surface area (Å²) < 4.78 is 10.9. The third-order valence-electron chi connectivity index (χ3n) is 5.80. The lowest BCUT2D eigenvalue weighted by Gasteiger charge is -2.25. The number of nitrogens with one attached hydrogen (secondary N) is 1. The SMILES string of the molecule is O=C(N[C@@H](COCC1CCC1)C(=O)O)OCC1c2ccccc2-c2ccccc21. The number of hydrogen-bond donors (Lipinski definition) is 2. The van der Waals surface area contributed by atoms with E-state index >= 15 is 0 Å². The summed E-state index contributed by atoms with van der Waals surface area (Å²) >= 11 is 0. The summed E-state index contributed by atoms with van der Waals surface area (Å²) in [5, 5.41) is 11.8. The van der Waals surface area contributed by atoms with Gasteiger partial charge in [0, 0.05) is 12.5 Å². The number of carboxylic acid groups (broad SMARTS) is 1. The van der Waals surface area contributed by atoms with Gasteiger partial charge in [-0.1, -0.05) is 55.0 Å². The quantitative estimate of drug-likeness (QED) is 0.710. The third kappa shape index (κ3) is 4.27. The lowest BCUT2D eigenvalue weighted by molar-refractivity contribution is -0.141. The standard InChI is InChI=1S/C23H25NO5/c25-22(26)21(14-28-12-15-6-5-7-15)24-23(27)29-13-20-18-10-3-1-8-16(18)17-9-2-4-11-19(17)20/h1-4,8-11,15,20-21H,5-7,12-14H2,(H,24,27)(H,25,26)/t21-/m0/s1. The number of ether oxygens (including phenoxy) is 2. The minimum absolute atomic E-state index is 0.0595. The zero-order valence-electron chi connectivity index (χ0n) is 16.2. The molecular weight excluding hydrogens is 370 g/mol. The van der Waals surface area contributed by atoms with Crippen molar-refractivity contribution in [1.29, 1.82) is 0 Å². The lowest BCUT2D eigenvalue weighted by Crippen LogP contribution is -2.44. The Morgan fingerprint density at radius 3 is 2.17 bits per heavy atom. The molecule has 2 N–H and O–H groups in total. The Labute approximate surface area is 169 Å². The largest absolute Gasteiger partial charge is 0.480 e.